The second kappa shape index (κ2) is 5.27. The number of benzene rings is 1. The fraction of sp³-hybridized carbons (Fsp3) is 0. The highest BCUT2D eigenvalue weighted by Gasteiger charge is 2.09. The summed E-state index contributed by atoms with van der Waals surface area (Å²) in [5.41, 5.74) is 1.89. The van der Waals surface area contributed by atoms with Crippen molar-refractivity contribution < 1.29 is 4.79 Å². The molecule has 3 rings (SSSR count). The third-order valence-corrected chi connectivity index (χ3v) is 3.21. The number of carbonyl (C=O) groups excluding carboxylic acids is 1. The van der Waals surface area contributed by atoms with Crippen LogP contribution in [0.3, 0.4) is 0 Å². The number of anilines is 1. The lowest BCUT2D eigenvalue weighted by atomic mass is 10.1. The third kappa shape index (κ3) is 2.46. The molecule has 5 heteroatoms. The van der Waals surface area contributed by atoms with Gasteiger partial charge in [-0.15, -0.1) is 0 Å². The first-order valence-electron chi connectivity index (χ1n) is 6.00. The average molecular weight is 284 g/mol. The van der Waals surface area contributed by atoms with Crippen LogP contribution < -0.4 is 5.32 Å². The lowest BCUT2D eigenvalue weighted by molar-refractivity contribution is 0.102. The first-order valence-corrected chi connectivity index (χ1v) is 6.37. The first kappa shape index (κ1) is 12.6. The molecule has 0 bridgehead atoms. The van der Waals surface area contributed by atoms with E-state index < -0.39 is 0 Å². The summed E-state index contributed by atoms with van der Waals surface area (Å²) in [6.07, 6.45) is 4.81. The van der Waals surface area contributed by atoms with Crippen LogP contribution in [0.25, 0.3) is 10.9 Å². The van der Waals surface area contributed by atoms with Gasteiger partial charge in [0.1, 0.15) is 0 Å². The Hall–Kier alpha value is -2.46. The molecule has 4 nitrogen and oxygen atoms in total. The first-order chi connectivity index (χ1) is 9.74. The summed E-state index contributed by atoms with van der Waals surface area (Å²) in [5, 5.41) is 4.11. The molecule has 0 saturated carbocycles. The van der Waals surface area contributed by atoms with Crippen LogP contribution in [-0.4, -0.2) is 15.9 Å². The van der Waals surface area contributed by atoms with E-state index in [0.717, 1.165) is 10.9 Å². The fourth-order valence-corrected chi connectivity index (χ4v) is 2.03. The topological polar surface area (TPSA) is 54.9 Å². The van der Waals surface area contributed by atoms with Crippen molar-refractivity contribution in [3.63, 3.8) is 0 Å². The van der Waals surface area contributed by atoms with E-state index >= 15 is 0 Å². The predicted molar refractivity (Wildman–Crippen MR) is 78.9 cm³/mol. The van der Waals surface area contributed by atoms with Gasteiger partial charge in [0.15, 0.2) is 0 Å². The standard InChI is InChI=1S/C15H10ClN3O/c16-12-5-7-17-9-14(12)19-15(20)11-3-4-13-10(8-11)2-1-6-18-13/h1-9H,(H,19,20). The summed E-state index contributed by atoms with van der Waals surface area (Å²) >= 11 is 5.99. The normalized spacial score (nSPS) is 10.4. The lowest BCUT2D eigenvalue weighted by Crippen LogP contribution is -2.12. The largest absolute Gasteiger partial charge is 0.319 e. The highest BCUT2D eigenvalue weighted by molar-refractivity contribution is 6.33. The van der Waals surface area contributed by atoms with Crippen molar-refractivity contribution in [1.82, 2.24) is 9.97 Å². The van der Waals surface area contributed by atoms with Crippen molar-refractivity contribution in [2.75, 3.05) is 5.32 Å². The fourth-order valence-electron chi connectivity index (χ4n) is 1.88. The van der Waals surface area contributed by atoms with Gasteiger partial charge in [-0.25, -0.2) is 0 Å². The molecule has 20 heavy (non-hydrogen) atoms. The van der Waals surface area contributed by atoms with Crippen LogP contribution in [0.5, 0.6) is 0 Å². The van der Waals surface area contributed by atoms with E-state index in [1.807, 2.05) is 18.2 Å². The van der Waals surface area contributed by atoms with E-state index in [1.165, 1.54) is 6.20 Å². The Kier molecular flexibility index (Phi) is 3.31. The minimum Gasteiger partial charge on any atom is -0.319 e. The number of hydrogen-bond acceptors (Lipinski definition) is 3. The van der Waals surface area contributed by atoms with Gasteiger partial charge in [0.25, 0.3) is 5.91 Å². The second-order valence-corrected chi connectivity index (χ2v) is 4.63. The highest BCUT2D eigenvalue weighted by Crippen LogP contribution is 2.20. The van der Waals surface area contributed by atoms with Crippen LogP contribution in [0.4, 0.5) is 5.69 Å². The van der Waals surface area contributed by atoms with Gasteiger partial charge in [-0.3, -0.25) is 14.8 Å². The number of nitrogens with zero attached hydrogens (tertiary/aromatic N) is 2. The zero-order valence-corrected chi connectivity index (χ0v) is 11.1. The molecule has 0 radical (unpaired) electrons. The Bertz CT molecular complexity index is 789. The van der Waals surface area contributed by atoms with Gasteiger partial charge in [-0.2, -0.15) is 0 Å². The number of pyridine rings is 2. The van der Waals surface area contributed by atoms with Crippen LogP contribution in [0, 0.1) is 0 Å². The van der Waals surface area contributed by atoms with Gasteiger partial charge in [0.2, 0.25) is 0 Å². The third-order valence-electron chi connectivity index (χ3n) is 2.88. The minimum absolute atomic E-state index is 0.231. The van der Waals surface area contributed by atoms with Crippen LogP contribution in [0.15, 0.2) is 55.0 Å². The molecular formula is C15H10ClN3O. The van der Waals surface area contributed by atoms with Crippen molar-refractivity contribution >= 4 is 34.1 Å². The molecule has 98 valence electrons. The van der Waals surface area contributed by atoms with E-state index in [2.05, 4.69) is 15.3 Å². The molecule has 0 aliphatic rings. The molecular weight excluding hydrogens is 274 g/mol. The number of halogens is 1. The van der Waals surface area contributed by atoms with Crippen LogP contribution in [0.2, 0.25) is 5.02 Å². The molecule has 0 spiro atoms. The molecule has 0 atom stereocenters. The van der Waals surface area contributed by atoms with Crippen molar-refractivity contribution in [1.29, 1.82) is 0 Å². The van der Waals surface area contributed by atoms with Crippen molar-refractivity contribution in [3.8, 4) is 0 Å². The molecule has 2 heterocycles. The van der Waals surface area contributed by atoms with Gasteiger partial charge in [-0.05, 0) is 30.3 Å². The van der Waals surface area contributed by atoms with Gasteiger partial charge < -0.3 is 5.32 Å². The van der Waals surface area contributed by atoms with E-state index in [0.29, 0.717) is 16.3 Å². The number of rotatable bonds is 2. The number of fused-ring (bicyclic) bond motifs is 1. The van der Waals surface area contributed by atoms with Gasteiger partial charge in [0, 0.05) is 23.3 Å². The predicted octanol–water partition coefficient (Wildman–Crippen LogP) is 3.54. The number of nitrogens with one attached hydrogen (secondary N) is 1. The molecule has 0 aliphatic carbocycles. The van der Waals surface area contributed by atoms with Crippen molar-refractivity contribution in [3.05, 3.63) is 65.6 Å². The average Bonchev–Trinajstić information content (AvgIpc) is 2.49. The Balaban J connectivity index is 1.91. The number of carbonyl (C=O) groups is 1. The maximum Gasteiger partial charge on any atom is 0.255 e. The van der Waals surface area contributed by atoms with Crippen LogP contribution >= 0.6 is 11.6 Å². The maximum absolute atomic E-state index is 12.2. The number of aromatic nitrogens is 2. The second-order valence-electron chi connectivity index (χ2n) is 4.22. The van der Waals surface area contributed by atoms with E-state index in [1.54, 1.807) is 30.6 Å². The zero-order chi connectivity index (χ0) is 13.9. The van der Waals surface area contributed by atoms with Gasteiger partial charge >= 0.3 is 0 Å². The molecule has 1 aromatic carbocycles. The molecule has 0 unspecified atom stereocenters. The van der Waals surface area contributed by atoms with Gasteiger partial charge in [0.05, 0.1) is 22.4 Å². The molecule has 3 aromatic rings. The van der Waals surface area contributed by atoms with E-state index in [9.17, 15) is 4.79 Å². The highest BCUT2D eigenvalue weighted by atomic mass is 35.5. The smallest absolute Gasteiger partial charge is 0.255 e. The molecule has 0 aliphatic heterocycles. The van der Waals surface area contributed by atoms with Crippen molar-refractivity contribution in [2.24, 2.45) is 0 Å². The Morgan fingerprint density at radius 1 is 1.15 bits per heavy atom. The molecule has 1 amide bonds. The molecule has 0 saturated heterocycles. The molecule has 2 aromatic heterocycles. The van der Waals surface area contributed by atoms with E-state index in [-0.39, 0.29) is 5.91 Å². The monoisotopic (exact) mass is 283 g/mol. The maximum atomic E-state index is 12.2. The summed E-state index contributed by atoms with van der Waals surface area (Å²) in [7, 11) is 0. The Morgan fingerprint density at radius 3 is 2.90 bits per heavy atom. The molecule has 0 fully saturated rings. The SMILES string of the molecule is O=C(Nc1cnccc1Cl)c1ccc2ncccc2c1. The lowest BCUT2D eigenvalue weighted by Gasteiger charge is -2.07. The number of hydrogen-bond donors (Lipinski definition) is 1. The van der Waals surface area contributed by atoms with E-state index in [4.69, 9.17) is 11.6 Å². The quantitative estimate of drug-likeness (QED) is 0.783. The minimum atomic E-state index is -0.231. The summed E-state index contributed by atoms with van der Waals surface area (Å²) < 4.78 is 0. The Morgan fingerprint density at radius 2 is 2.05 bits per heavy atom. The summed E-state index contributed by atoms with van der Waals surface area (Å²) in [6.45, 7) is 0. The Labute approximate surface area is 120 Å². The van der Waals surface area contributed by atoms with Crippen molar-refractivity contribution in [2.45, 2.75) is 0 Å². The summed E-state index contributed by atoms with van der Waals surface area (Å²) in [6, 6.07) is 10.7. The van der Waals surface area contributed by atoms with Gasteiger partial charge in [-0.1, -0.05) is 17.7 Å². The number of amides is 1. The zero-order valence-electron chi connectivity index (χ0n) is 10.4. The summed E-state index contributed by atoms with van der Waals surface area (Å²) in [4.78, 5) is 20.3. The summed E-state index contributed by atoms with van der Waals surface area (Å²) in [5.74, 6) is -0.231. The van der Waals surface area contributed by atoms with Crippen LogP contribution in [0.1, 0.15) is 10.4 Å². The van der Waals surface area contributed by atoms with Crippen LogP contribution in [-0.2, 0) is 0 Å². The molecule has 1 N–H and O–H groups in total.